The zero-order valence-corrected chi connectivity index (χ0v) is 17.6. The lowest BCUT2D eigenvalue weighted by Crippen LogP contribution is -2.30. The van der Waals surface area contributed by atoms with Crippen molar-refractivity contribution in [1.29, 1.82) is 0 Å². The largest absolute Gasteiger partial charge is 0.507 e. The summed E-state index contributed by atoms with van der Waals surface area (Å²) in [6.45, 7) is 4.55. The summed E-state index contributed by atoms with van der Waals surface area (Å²) < 4.78 is 0. The standard InChI is InChI=1S/C24H26ClNO3/c1-3-4-5-6-15-26-21(17-11-13-19(25)14-12-17)20(23(28)24(26)29)22(27)18-9-7-16(2)8-10-18/h7-14,21,27H,3-6,15H2,1-2H3/b22-20-. The highest BCUT2D eigenvalue weighted by molar-refractivity contribution is 6.46. The third kappa shape index (κ3) is 4.54. The van der Waals surface area contributed by atoms with Gasteiger partial charge in [0.05, 0.1) is 11.6 Å². The van der Waals surface area contributed by atoms with Crippen LogP contribution in [-0.2, 0) is 9.59 Å². The molecule has 1 amide bonds. The maximum Gasteiger partial charge on any atom is 0.295 e. The van der Waals surface area contributed by atoms with Crippen molar-refractivity contribution < 1.29 is 14.7 Å². The number of carbonyl (C=O) groups is 2. The molecule has 0 radical (unpaired) electrons. The first kappa shape index (κ1) is 21.1. The molecule has 3 rings (SSSR count). The van der Waals surface area contributed by atoms with Gasteiger partial charge in [0.15, 0.2) is 0 Å². The van der Waals surface area contributed by atoms with Gasteiger partial charge in [-0.3, -0.25) is 9.59 Å². The Hall–Kier alpha value is -2.59. The third-order valence-electron chi connectivity index (χ3n) is 5.30. The quantitative estimate of drug-likeness (QED) is 0.277. The molecule has 1 heterocycles. The molecule has 1 atom stereocenters. The van der Waals surface area contributed by atoms with Crippen molar-refractivity contribution in [2.45, 2.75) is 45.6 Å². The molecule has 1 aliphatic rings. The normalized spacial score (nSPS) is 18.4. The molecule has 0 spiro atoms. The Balaban J connectivity index is 2.05. The average molecular weight is 412 g/mol. The van der Waals surface area contributed by atoms with Crippen molar-refractivity contribution in [3.05, 3.63) is 75.8 Å². The first-order valence-electron chi connectivity index (χ1n) is 10.0. The molecule has 1 saturated heterocycles. The molecular formula is C24H26ClNO3. The van der Waals surface area contributed by atoms with Crippen molar-refractivity contribution in [2.75, 3.05) is 6.54 Å². The van der Waals surface area contributed by atoms with Crippen molar-refractivity contribution in [3.8, 4) is 0 Å². The van der Waals surface area contributed by atoms with Crippen LogP contribution in [0.5, 0.6) is 0 Å². The van der Waals surface area contributed by atoms with Crippen LogP contribution in [0.15, 0.2) is 54.1 Å². The minimum absolute atomic E-state index is 0.136. The number of rotatable bonds is 7. The number of aryl methyl sites for hydroxylation is 1. The molecule has 152 valence electrons. The highest BCUT2D eigenvalue weighted by atomic mass is 35.5. The van der Waals surface area contributed by atoms with Gasteiger partial charge in [-0.25, -0.2) is 0 Å². The molecule has 1 aliphatic heterocycles. The van der Waals surface area contributed by atoms with E-state index in [4.69, 9.17) is 11.6 Å². The Kier molecular flexibility index (Phi) is 6.75. The van der Waals surface area contributed by atoms with E-state index >= 15 is 0 Å². The van der Waals surface area contributed by atoms with Gasteiger partial charge in [0.25, 0.3) is 11.7 Å². The molecule has 5 heteroatoms. The monoisotopic (exact) mass is 411 g/mol. The zero-order valence-electron chi connectivity index (χ0n) is 16.8. The summed E-state index contributed by atoms with van der Waals surface area (Å²) >= 11 is 6.03. The number of carbonyl (C=O) groups excluding carboxylic acids is 2. The zero-order chi connectivity index (χ0) is 21.0. The molecule has 0 saturated carbocycles. The second kappa shape index (κ2) is 9.27. The lowest BCUT2D eigenvalue weighted by atomic mass is 9.95. The van der Waals surface area contributed by atoms with E-state index in [0.29, 0.717) is 17.1 Å². The molecule has 2 aromatic carbocycles. The molecule has 1 unspecified atom stereocenters. The fraction of sp³-hybridized carbons (Fsp3) is 0.333. The number of hydrogen-bond acceptors (Lipinski definition) is 3. The van der Waals surface area contributed by atoms with Gasteiger partial charge < -0.3 is 10.0 Å². The minimum Gasteiger partial charge on any atom is -0.507 e. The molecule has 0 aliphatic carbocycles. The van der Waals surface area contributed by atoms with Crippen LogP contribution in [0, 0.1) is 6.92 Å². The molecule has 2 aromatic rings. The third-order valence-corrected chi connectivity index (χ3v) is 5.56. The van der Waals surface area contributed by atoms with Crippen molar-refractivity contribution in [1.82, 2.24) is 4.90 Å². The average Bonchev–Trinajstić information content (AvgIpc) is 2.96. The van der Waals surface area contributed by atoms with Crippen LogP contribution in [0.3, 0.4) is 0 Å². The highest BCUT2D eigenvalue weighted by Gasteiger charge is 2.45. The van der Waals surface area contributed by atoms with Crippen LogP contribution in [0.4, 0.5) is 0 Å². The molecular weight excluding hydrogens is 386 g/mol. The second-order valence-corrected chi connectivity index (χ2v) is 7.91. The van der Waals surface area contributed by atoms with Crippen LogP contribution in [-0.4, -0.2) is 28.2 Å². The number of hydrogen-bond donors (Lipinski definition) is 1. The summed E-state index contributed by atoms with van der Waals surface area (Å²) in [5.41, 5.74) is 2.47. The van der Waals surface area contributed by atoms with Crippen LogP contribution in [0.25, 0.3) is 5.76 Å². The summed E-state index contributed by atoms with van der Waals surface area (Å²) in [7, 11) is 0. The fourth-order valence-electron chi connectivity index (χ4n) is 3.68. The van der Waals surface area contributed by atoms with E-state index in [-0.39, 0.29) is 11.3 Å². The van der Waals surface area contributed by atoms with E-state index in [1.54, 1.807) is 41.3 Å². The summed E-state index contributed by atoms with van der Waals surface area (Å²) in [4.78, 5) is 27.3. The van der Waals surface area contributed by atoms with Crippen molar-refractivity contribution in [2.24, 2.45) is 0 Å². The number of benzene rings is 2. The number of nitrogens with zero attached hydrogens (tertiary/aromatic N) is 1. The SMILES string of the molecule is CCCCCCN1C(=O)C(=O)/C(=C(\O)c2ccc(C)cc2)C1c1ccc(Cl)cc1. The number of amides is 1. The summed E-state index contributed by atoms with van der Waals surface area (Å²) in [5, 5.41) is 11.5. The number of unbranched alkanes of at least 4 members (excludes halogenated alkanes) is 3. The molecule has 4 nitrogen and oxygen atoms in total. The lowest BCUT2D eigenvalue weighted by Gasteiger charge is -2.25. The number of Topliss-reactive ketones (excluding diaryl/α,β-unsaturated/α-hetero) is 1. The van der Waals surface area contributed by atoms with Crippen molar-refractivity contribution >= 4 is 29.1 Å². The lowest BCUT2D eigenvalue weighted by molar-refractivity contribution is -0.139. The van der Waals surface area contributed by atoms with E-state index in [1.807, 2.05) is 19.1 Å². The minimum atomic E-state index is -0.640. The summed E-state index contributed by atoms with van der Waals surface area (Å²) in [6.07, 6.45) is 3.98. The van der Waals surface area contributed by atoms with Gasteiger partial charge in [-0.15, -0.1) is 0 Å². The first-order chi connectivity index (χ1) is 13.9. The van der Waals surface area contributed by atoms with Gasteiger partial charge in [-0.05, 0) is 31.0 Å². The van der Waals surface area contributed by atoms with Crippen LogP contribution >= 0.6 is 11.6 Å². The number of aliphatic hydroxyl groups excluding tert-OH is 1. The van der Waals surface area contributed by atoms with Crippen LogP contribution in [0.2, 0.25) is 5.02 Å². The molecule has 1 N–H and O–H groups in total. The summed E-state index contributed by atoms with van der Waals surface area (Å²) in [6, 6.07) is 13.7. The molecule has 29 heavy (non-hydrogen) atoms. The fourth-order valence-corrected chi connectivity index (χ4v) is 3.80. The number of likely N-dealkylation sites (tertiary alicyclic amines) is 1. The van der Waals surface area contributed by atoms with E-state index in [1.165, 1.54) is 0 Å². The maximum absolute atomic E-state index is 12.9. The number of aliphatic hydroxyl groups is 1. The Morgan fingerprint density at radius 2 is 1.66 bits per heavy atom. The van der Waals surface area contributed by atoms with Gasteiger partial charge in [0.1, 0.15) is 5.76 Å². The number of halogens is 1. The van der Waals surface area contributed by atoms with Gasteiger partial charge in [-0.2, -0.15) is 0 Å². The van der Waals surface area contributed by atoms with E-state index < -0.39 is 17.7 Å². The molecule has 0 bridgehead atoms. The second-order valence-electron chi connectivity index (χ2n) is 7.47. The summed E-state index contributed by atoms with van der Waals surface area (Å²) in [5.74, 6) is -1.34. The van der Waals surface area contributed by atoms with Gasteiger partial charge in [0.2, 0.25) is 0 Å². The topological polar surface area (TPSA) is 57.6 Å². The van der Waals surface area contributed by atoms with Gasteiger partial charge in [-0.1, -0.05) is 79.7 Å². The Morgan fingerprint density at radius 3 is 2.28 bits per heavy atom. The Labute approximate surface area is 176 Å². The Morgan fingerprint density at radius 1 is 1.00 bits per heavy atom. The van der Waals surface area contributed by atoms with Crippen LogP contribution < -0.4 is 0 Å². The predicted molar refractivity (Wildman–Crippen MR) is 116 cm³/mol. The maximum atomic E-state index is 12.9. The highest BCUT2D eigenvalue weighted by Crippen LogP contribution is 2.39. The van der Waals surface area contributed by atoms with E-state index in [2.05, 4.69) is 6.92 Å². The van der Waals surface area contributed by atoms with Gasteiger partial charge >= 0.3 is 0 Å². The van der Waals surface area contributed by atoms with Crippen molar-refractivity contribution in [3.63, 3.8) is 0 Å². The smallest absolute Gasteiger partial charge is 0.295 e. The first-order valence-corrected chi connectivity index (χ1v) is 10.4. The number of ketones is 1. The van der Waals surface area contributed by atoms with E-state index in [9.17, 15) is 14.7 Å². The Bertz CT molecular complexity index is 916. The molecule has 0 aromatic heterocycles. The van der Waals surface area contributed by atoms with Gasteiger partial charge in [0, 0.05) is 17.1 Å². The van der Waals surface area contributed by atoms with Crippen LogP contribution in [0.1, 0.15) is 55.3 Å². The van der Waals surface area contributed by atoms with E-state index in [0.717, 1.165) is 36.8 Å². The molecule has 1 fully saturated rings. The predicted octanol–water partition coefficient (Wildman–Crippen LogP) is 5.65.